The van der Waals surface area contributed by atoms with Gasteiger partial charge in [0.1, 0.15) is 0 Å². The molecule has 1 aromatic carbocycles. The number of thiol groups is 1. The van der Waals surface area contributed by atoms with E-state index in [1.807, 2.05) is 0 Å². The van der Waals surface area contributed by atoms with Crippen LogP contribution >= 0.6 is 12.6 Å². The first-order valence-corrected chi connectivity index (χ1v) is 8.44. The van der Waals surface area contributed by atoms with E-state index in [0.29, 0.717) is 5.92 Å². The fourth-order valence-corrected chi connectivity index (χ4v) is 4.66. The standard InChI is InChI=1S/C19H26S/c1-4-14-9-10-16-11-17(14)18(12-19(16,3)20)15-7-5-13(2)6-8-15/h5-9,16-18,20H,4,10-12H2,1-3H3. The highest BCUT2D eigenvalue weighted by Gasteiger charge is 2.45. The molecule has 3 rings (SSSR count). The monoisotopic (exact) mass is 286 g/mol. The number of rotatable bonds is 2. The largest absolute Gasteiger partial charge is 0.172 e. The lowest BCUT2D eigenvalue weighted by Gasteiger charge is -2.49. The van der Waals surface area contributed by atoms with Crippen molar-refractivity contribution in [3.8, 4) is 0 Å². The molecule has 1 saturated carbocycles. The van der Waals surface area contributed by atoms with Gasteiger partial charge in [-0.1, -0.05) is 55.3 Å². The summed E-state index contributed by atoms with van der Waals surface area (Å²) in [6.45, 7) is 6.83. The van der Waals surface area contributed by atoms with Crippen LogP contribution in [-0.4, -0.2) is 4.75 Å². The second-order valence-electron chi connectivity index (χ2n) is 6.99. The Balaban J connectivity index is 1.98. The molecule has 2 bridgehead atoms. The minimum Gasteiger partial charge on any atom is -0.172 e. The molecule has 0 aliphatic heterocycles. The van der Waals surface area contributed by atoms with Crippen LogP contribution < -0.4 is 0 Å². The number of hydrogen-bond donors (Lipinski definition) is 1. The summed E-state index contributed by atoms with van der Waals surface area (Å²) in [6, 6.07) is 9.20. The van der Waals surface area contributed by atoms with Crippen LogP contribution in [0.5, 0.6) is 0 Å². The van der Waals surface area contributed by atoms with Gasteiger partial charge in [0.2, 0.25) is 0 Å². The lowest BCUT2D eigenvalue weighted by molar-refractivity contribution is 0.197. The number of fused-ring (bicyclic) bond motifs is 2. The predicted octanol–water partition coefficient (Wildman–Crippen LogP) is 5.53. The Morgan fingerprint density at radius 2 is 1.90 bits per heavy atom. The fourth-order valence-electron chi connectivity index (χ4n) is 4.25. The molecule has 0 N–H and O–H groups in total. The minimum atomic E-state index is 0.182. The maximum absolute atomic E-state index is 5.03. The first-order valence-electron chi connectivity index (χ1n) is 7.99. The van der Waals surface area contributed by atoms with Crippen molar-refractivity contribution in [2.75, 3.05) is 0 Å². The molecule has 1 aromatic rings. The summed E-state index contributed by atoms with van der Waals surface area (Å²) >= 11 is 5.03. The molecule has 2 aliphatic rings. The predicted molar refractivity (Wildman–Crippen MR) is 90.5 cm³/mol. The Morgan fingerprint density at radius 3 is 2.55 bits per heavy atom. The summed E-state index contributed by atoms with van der Waals surface area (Å²) in [5, 5.41) is 0. The van der Waals surface area contributed by atoms with E-state index < -0.39 is 0 Å². The quantitative estimate of drug-likeness (QED) is 0.536. The van der Waals surface area contributed by atoms with Crippen LogP contribution in [0.1, 0.15) is 56.6 Å². The van der Waals surface area contributed by atoms with Crippen molar-refractivity contribution in [3.05, 3.63) is 47.0 Å². The van der Waals surface area contributed by atoms with Gasteiger partial charge in [0, 0.05) is 4.75 Å². The van der Waals surface area contributed by atoms with Gasteiger partial charge < -0.3 is 0 Å². The number of hydrogen-bond acceptors (Lipinski definition) is 1. The molecule has 4 atom stereocenters. The van der Waals surface area contributed by atoms with Gasteiger partial charge in [0.15, 0.2) is 0 Å². The van der Waals surface area contributed by atoms with Gasteiger partial charge in [-0.15, -0.1) is 0 Å². The zero-order valence-corrected chi connectivity index (χ0v) is 13.8. The van der Waals surface area contributed by atoms with Crippen molar-refractivity contribution < 1.29 is 0 Å². The number of allylic oxidation sites excluding steroid dienone is 2. The first kappa shape index (κ1) is 14.3. The molecule has 0 spiro atoms. The molecule has 0 heterocycles. The van der Waals surface area contributed by atoms with Crippen molar-refractivity contribution in [2.24, 2.45) is 11.8 Å². The van der Waals surface area contributed by atoms with Crippen LogP contribution in [0.3, 0.4) is 0 Å². The third kappa shape index (κ3) is 2.45. The topological polar surface area (TPSA) is 0 Å². The van der Waals surface area contributed by atoms with Crippen molar-refractivity contribution in [2.45, 2.75) is 57.1 Å². The summed E-state index contributed by atoms with van der Waals surface area (Å²) in [4.78, 5) is 0. The second kappa shape index (κ2) is 5.26. The Bertz CT molecular complexity index is 509. The summed E-state index contributed by atoms with van der Waals surface area (Å²) in [5.41, 5.74) is 4.56. The third-order valence-corrected chi connectivity index (χ3v) is 6.14. The zero-order valence-electron chi connectivity index (χ0n) is 12.9. The van der Waals surface area contributed by atoms with Crippen LogP contribution in [0.4, 0.5) is 0 Å². The molecule has 20 heavy (non-hydrogen) atoms. The van der Waals surface area contributed by atoms with Crippen molar-refractivity contribution >= 4 is 12.6 Å². The van der Waals surface area contributed by atoms with Gasteiger partial charge in [-0.2, -0.15) is 12.6 Å². The number of benzene rings is 1. The molecule has 1 heteroatoms. The SMILES string of the molecule is CCC1=CCC2CC1C(c1ccc(C)cc1)CC2(C)S. The summed E-state index contributed by atoms with van der Waals surface area (Å²) in [7, 11) is 0. The highest BCUT2D eigenvalue weighted by molar-refractivity contribution is 7.81. The van der Waals surface area contributed by atoms with Gasteiger partial charge in [-0.05, 0) is 55.9 Å². The summed E-state index contributed by atoms with van der Waals surface area (Å²) < 4.78 is 0.182. The third-order valence-electron chi connectivity index (χ3n) is 5.59. The molecule has 0 aromatic heterocycles. The molecule has 0 saturated heterocycles. The molecular weight excluding hydrogens is 260 g/mol. The van der Waals surface area contributed by atoms with Crippen molar-refractivity contribution in [3.63, 3.8) is 0 Å². The molecule has 2 aliphatic carbocycles. The maximum Gasteiger partial charge on any atom is 0.0139 e. The minimum absolute atomic E-state index is 0.182. The van der Waals surface area contributed by atoms with Gasteiger partial charge >= 0.3 is 0 Å². The van der Waals surface area contributed by atoms with Crippen LogP contribution in [0.2, 0.25) is 0 Å². The highest BCUT2D eigenvalue weighted by atomic mass is 32.1. The molecular formula is C19H26S. The highest BCUT2D eigenvalue weighted by Crippen LogP contribution is 2.54. The normalized spacial score (nSPS) is 36.6. The van der Waals surface area contributed by atoms with E-state index in [1.165, 1.54) is 36.8 Å². The Kier molecular flexibility index (Phi) is 3.75. The van der Waals surface area contributed by atoms with Crippen LogP contribution in [-0.2, 0) is 0 Å². The van der Waals surface area contributed by atoms with Crippen LogP contribution in [0.25, 0.3) is 0 Å². The number of aryl methyl sites for hydroxylation is 1. The second-order valence-corrected chi connectivity index (χ2v) is 8.01. The molecule has 108 valence electrons. The van der Waals surface area contributed by atoms with E-state index in [4.69, 9.17) is 12.6 Å². The molecule has 0 nitrogen and oxygen atoms in total. The fraction of sp³-hybridized carbons (Fsp3) is 0.579. The van der Waals surface area contributed by atoms with Gasteiger partial charge in [-0.25, -0.2) is 0 Å². The summed E-state index contributed by atoms with van der Waals surface area (Å²) in [6.07, 6.45) is 7.51. The lowest BCUT2D eigenvalue weighted by atomic mass is 9.60. The first-order chi connectivity index (χ1) is 9.51. The van der Waals surface area contributed by atoms with Gasteiger partial charge in [0.05, 0.1) is 0 Å². The van der Waals surface area contributed by atoms with Crippen LogP contribution in [0.15, 0.2) is 35.9 Å². The average molecular weight is 286 g/mol. The van der Waals surface area contributed by atoms with Crippen LogP contribution in [0, 0.1) is 18.8 Å². The van der Waals surface area contributed by atoms with E-state index in [9.17, 15) is 0 Å². The van der Waals surface area contributed by atoms with E-state index in [-0.39, 0.29) is 4.75 Å². The van der Waals surface area contributed by atoms with Crippen molar-refractivity contribution in [1.29, 1.82) is 0 Å². The van der Waals surface area contributed by atoms with Gasteiger partial charge in [0.25, 0.3) is 0 Å². The van der Waals surface area contributed by atoms with E-state index >= 15 is 0 Å². The van der Waals surface area contributed by atoms with E-state index in [2.05, 4.69) is 51.1 Å². The van der Waals surface area contributed by atoms with Crippen molar-refractivity contribution in [1.82, 2.24) is 0 Å². The molecule has 0 radical (unpaired) electrons. The smallest absolute Gasteiger partial charge is 0.0139 e. The zero-order chi connectivity index (χ0) is 14.3. The molecule has 0 amide bonds. The van der Waals surface area contributed by atoms with Gasteiger partial charge in [-0.3, -0.25) is 0 Å². The Morgan fingerprint density at radius 1 is 1.20 bits per heavy atom. The van der Waals surface area contributed by atoms with E-state index in [0.717, 1.165) is 11.8 Å². The Hall–Kier alpha value is -0.690. The Labute approximate surface area is 129 Å². The molecule has 4 unspecified atom stereocenters. The average Bonchev–Trinajstić information content (AvgIpc) is 2.44. The maximum atomic E-state index is 5.03. The lowest BCUT2D eigenvalue weighted by Crippen LogP contribution is -2.42. The van der Waals surface area contributed by atoms with E-state index in [1.54, 1.807) is 5.57 Å². The summed E-state index contributed by atoms with van der Waals surface area (Å²) in [5.74, 6) is 2.16. The molecule has 1 fully saturated rings.